The maximum absolute atomic E-state index is 13.2. The average Bonchev–Trinajstić information content (AvgIpc) is 2.66. The molecule has 1 saturated heterocycles. The van der Waals surface area contributed by atoms with Gasteiger partial charge in [-0.15, -0.1) is 0 Å². The third-order valence-corrected chi connectivity index (χ3v) is 4.31. The van der Waals surface area contributed by atoms with Crippen molar-refractivity contribution in [3.05, 3.63) is 60.3 Å². The molecule has 8 nitrogen and oxygen atoms in total. The van der Waals surface area contributed by atoms with Crippen LogP contribution in [-0.2, 0) is 4.79 Å². The molecule has 1 unspecified atom stereocenters. The van der Waals surface area contributed by atoms with Gasteiger partial charge < -0.3 is 15.5 Å². The average molecular weight is 379 g/mol. The summed E-state index contributed by atoms with van der Waals surface area (Å²) in [6.07, 6.45) is 4.75. The van der Waals surface area contributed by atoms with E-state index in [2.05, 4.69) is 30.6 Å². The fourth-order valence-corrected chi connectivity index (χ4v) is 2.79. The summed E-state index contributed by atoms with van der Waals surface area (Å²) in [5.74, 6) is 1.97. The molecule has 0 radical (unpaired) electrons. The molecule has 3 aromatic rings. The van der Waals surface area contributed by atoms with Crippen LogP contribution in [0, 0.1) is 5.82 Å². The van der Waals surface area contributed by atoms with Crippen LogP contribution in [0.4, 0.5) is 27.8 Å². The van der Waals surface area contributed by atoms with Gasteiger partial charge in [0.1, 0.15) is 23.3 Å². The van der Waals surface area contributed by atoms with Crippen molar-refractivity contribution in [3.8, 4) is 0 Å². The molecule has 4 rings (SSSR count). The number of aromatic nitrogens is 4. The van der Waals surface area contributed by atoms with E-state index in [-0.39, 0.29) is 17.6 Å². The number of nitrogens with one attached hydrogen (secondary N) is 2. The van der Waals surface area contributed by atoms with Gasteiger partial charge in [0.2, 0.25) is 5.95 Å². The highest BCUT2D eigenvalue weighted by Crippen LogP contribution is 2.25. The van der Waals surface area contributed by atoms with E-state index in [9.17, 15) is 9.18 Å². The monoisotopic (exact) mass is 379 g/mol. The van der Waals surface area contributed by atoms with Crippen molar-refractivity contribution in [1.29, 1.82) is 0 Å². The molecular formula is C19H18FN7O. The van der Waals surface area contributed by atoms with Crippen LogP contribution in [0.5, 0.6) is 0 Å². The van der Waals surface area contributed by atoms with Crippen molar-refractivity contribution in [2.45, 2.75) is 13.0 Å². The molecule has 2 aromatic heterocycles. The van der Waals surface area contributed by atoms with E-state index >= 15 is 0 Å². The van der Waals surface area contributed by atoms with Crippen LogP contribution in [0.3, 0.4) is 0 Å². The zero-order valence-electron chi connectivity index (χ0n) is 15.1. The molecule has 142 valence electrons. The molecule has 9 heteroatoms. The molecule has 0 bridgehead atoms. The Balaban J connectivity index is 1.59. The highest BCUT2D eigenvalue weighted by Gasteiger charge is 2.26. The largest absolute Gasteiger partial charge is 0.348 e. The van der Waals surface area contributed by atoms with Gasteiger partial charge in [0.25, 0.3) is 0 Å². The first-order valence-electron chi connectivity index (χ1n) is 8.77. The molecule has 0 amide bonds. The minimum atomic E-state index is -0.285. The number of carbonyl (C=O) groups excluding carboxylic acids is 1. The highest BCUT2D eigenvalue weighted by molar-refractivity contribution is 5.95. The lowest BCUT2D eigenvalue weighted by Crippen LogP contribution is -2.47. The second kappa shape index (κ2) is 7.55. The van der Waals surface area contributed by atoms with Crippen LogP contribution in [-0.4, -0.2) is 38.8 Å². The van der Waals surface area contributed by atoms with Crippen molar-refractivity contribution < 1.29 is 9.18 Å². The lowest BCUT2D eigenvalue weighted by atomic mass is 10.1. The summed E-state index contributed by atoms with van der Waals surface area (Å²) in [5, 5.41) is 6.32. The third-order valence-electron chi connectivity index (χ3n) is 4.31. The van der Waals surface area contributed by atoms with Gasteiger partial charge in [-0.1, -0.05) is 12.1 Å². The molecule has 0 saturated carbocycles. The summed E-state index contributed by atoms with van der Waals surface area (Å²) in [4.78, 5) is 30.4. The zero-order valence-corrected chi connectivity index (χ0v) is 15.1. The van der Waals surface area contributed by atoms with E-state index < -0.39 is 0 Å². The number of benzene rings is 1. The smallest absolute Gasteiger partial charge is 0.227 e. The number of ketones is 1. The Morgan fingerprint density at radius 3 is 2.57 bits per heavy atom. The molecule has 1 fully saturated rings. The summed E-state index contributed by atoms with van der Waals surface area (Å²) >= 11 is 0. The van der Waals surface area contributed by atoms with Crippen molar-refractivity contribution >= 4 is 29.2 Å². The predicted molar refractivity (Wildman–Crippen MR) is 103 cm³/mol. The van der Waals surface area contributed by atoms with Crippen molar-refractivity contribution in [3.63, 3.8) is 0 Å². The first kappa shape index (κ1) is 17.8. The van der Waals surface area contributed by atoms with Gasteiger partial charge in [0, 0.05) is 18.5 Å². The van der Waals surface area contributed by atoms with E-state index in [0.717, 1.165) is 5.56 Å². The molecule has 0 spiro atoms. The maximum atomic E-state index is 13.2. The lowest BCUT2D eigenvalue weighted by Gasteiger charge is -2.31. The van der Waals surface area contributed by atoms with Gasteiger partial charge in [0.05, 0.1) is 25.3 Å². The standard InChI is InChI=1S/C19H18FN7O/c1-12(13-2-4-14(20)5-3-13)23-19-25-16(24-17-9-21-6-7-22-17)8-18(26-19)27-10-15(28)11-27/h2-9,12H,10-11H2,1H3,(H2,22,23,24,25,26). The molecule has 1 atom stereocenters. The highest BCUT2D eigenvalue weighted by atomic mass is 19.1. The number of nitrogens with zero attached hydrogens (tertiary/aromatic N) is 5. The number of carbonyl (C=O) groups is 1. The minimum Gasteiger partial charge on any atom is -0.348 e. The normalized spacial score (nSPS) is 14.4. The van der Waals surface area contributed by atoms with Crippen molar-refractivity contribution in [2.24, 2.45) is 0 Å². The van der Waals surface area contributed by atoms with Crippen LogP contribution in [0.1, 0.15) is 18.5 Å². The molecule has 1 aromatic carbocycles. The fourth-order valence-electron chi connectivity index (χ4n) is 2.79. The van der Waals surface area contributed by atoms with Gasteiger partial charge in [-0.3, -0.25) is 9.78 Å². The first-order chi connectivity index (χ1) is 13.6. The van der Waals surface area contributed by atoms with E-state index in [1.54, 1.807) is 36.8 Å². The fraction of sp³-hybridized carbons (Fsp3) is 0.211. The van der Waals surface area contributed by atoms with E-state index in [0.29, 0.717) is 36.5 Å². The Labute approximate surface area is 160 Å². The van der Waals surface area contributed by atoms with Crippen molar-refractivity contribution in [2.75, 3.05) is 28.6 Å². The van der Waals surface area contributed by atoms with Crippen LogP contribution < -0.4 is 15.5 Å². The molecule has 1 aliphatic rings. The van der Waals surface area contributed by atoms with Crippen LogP contribution in [0.2, 0.25) is 0 Å². The number of halogens is 1. The SMILES string of the molecule is CC(Nc1nc(Nc2cnccn2)cc(N2CC(=O)C2)n1)c1ccc(F)cc1. The summed E-state index contributed by atoms with van der Waals surface area (Å²) in [6.45, 7) is 2.59. The molecule has 2 N–H and O–H groups in total. The Bertz CT molecular complexity index is 973. The van der Waals surface area contributed by atoms with Gasteiger partial charge in [-0.05, 0) is 24.6 Å². The molecule has 3 heterocycles. The number of Topliss-reactive ketones (excluding diaryl/α,β-unsaturated/α-hetero) is 1. The second-order valence-corrected chi connectivity index (χ2v) is 6.46. The summed E-state index contributed by atoms with van der Waals surface area (Å²) in [6, 6.07) is 7.87. The quantitative estimate of drug-likeness (QED) is 0.675. The van der Waals surface area contributed by atoms with Crippen LogP contribution in [0.25, 0.3) is 0 Å². The Morgan fingerprint density at radius 2 is 1.89 bits per heavy atom. The number of hydrogen-bond acceptors (Lipinski definition) is 8. The third kappa shape index (κ3) is 4.03. The minimum absolute atomic E-state index is 0.141. The van der Waals surface area contributed by atoms with Gasteiger partial charge in [-0.2, -0.15) is 9.97 Å². The molecule has 0 aliphatic carbocycles. The Hall–Kier alpha value is -3.62. The summed E-state index contributed by atoms with van der Waals surface area (Å²) in [5.41, 5.74) is 0.901. The van der Waals surface area contributed by atoms with Gasteiger partial charge in [0.15, 0.2) is 5.78 Å². The summed E-state index contributed by atoms with van der Waals surface area (Å²) in [7, 11) is 0. The number of anilines is 4. The number of hydrogen-bond donors (Lipinski definition) is 2. The zero-order chi connectivity index (χ0) is 19.5. The van der Waals surface area contributed by atoms with Gasteiger partial charge >= 0.3 is 0 Å². The van der Waals surface area contributed by atoms with Crippen LogP contribution >= 0.6 is 0 Å². The topological polar surface area (TPSA) is 95.9 Å². The molecule has 1 aliphatic heterocycles. The molecule has 28 heavy (non-hydrogen) atoms. The van der Waals surface area contributed by atoms with Crippen LogP contribution in [0.15, 0.2) is 48.9 Å². The molecular weight excluding hydrogens is 361 g/mol. The second-order valence-electron chi connectivity index (χ2n) is 6.46. The van der Waals surface area contributed by atoms with Crippen molar-refractivity contribution in [1.82, 2.24) is 19.9 Å². The Kier molecular flexibility index (Phi) is 4.79. The predicted octanol–water partition coefficient (Wildman–Crippen LogP) is 2.71. The Morgan fingerprint density at radius 1 is 1.11 bits per heavy atom. The summed E-state index contributed by atoms with van der Waals surface area (Å²) < 4.78 is 13.2. The van der Waals surface area contributed by atoms with E-state index in [1.807, 2.05) is 11.8 Å². The first-order valence-corrected chi connectivity index (χ1v) is 8.77. The van der Waals surface area contributed by atoms with Gasteiger partial charge in [-0.25, -0.2) is 9.37 Å². The number of rotatable bonds is 6. The van der Waals surface area contributed by atoms with E-state index in [1.165, 1.54) is 12.1 Å². The lowest BCUT2D eigenvalue weighted by molar-refractivity contribution is -0.119. The van der Waals surface area contributed by atoms with E-state index in [4.69, 9.17) is 0 Å². The maximum Gasteiger partial charge on any atom is 0.227 e.